The van der Waals surface area contributed by atoms with Gasteiger partial charge in [0.25, 0.3) is 11.8 Å². The summed E-state index contributed by atoms with van der Waals surface area (Å²) in [6.07, 6.45) is 0.849. The van der Waals surface area contributed by atoms with E-state index in [2.05, 4.69) is 15.3 Å². The quantitative estimate of drug-likeness (QED) is 0.542. The van der Waals surface area contributed by atoms with Crippen molar-refractivity contribution in [1.82, 2.24) is 14.9 Å². The molecule has 0 bridgehead atoms. The predicted octanol–water partition coefficient (Wildman–Crippen LogP) is 4.86. The number of likely N-dealkylation sites (tertiary alicyclic amines) is 1. The molecule has 3 N–H and O–H groups in total. The third-order valence-corrected chi connectivity index (χ3v) is 6.85. The van der Waals surface area contributed by atoms with Crippen LogP contribution >= 0.6 is 11.8 Å². The van der Waals surface area contributed by atoms with E-state index in [-0.39, 0.29) is 31.8 Å². The summed E-state index contributed by atoms with van der Waals surface area (Å²) in [7, 11) is 0. The van der Waals surface area contributed by atoms with Crippen LogP contribution in [-0.2, 0) is 6.54 Å². The van der Waals surface area contributed by atoms with Gasteiger partial charge in [-0.2, -0.15) is 0 Å². The van der Waals surface area contributed by atoms with Crippen LogP contribution < -0.4 is 5.32 Å². The van der Waals surface area contributed by atoms with Crippen molar-refractivity contribution in [1.29, 1.82) is 10.8 Å². The fraction of sp³-hybridized carbons (Fsp3) is 0.348. The maximum absolute atomic E-state index is 13.3. The number of alkyl halides is 2. The van der Waals surface area contributed by atoms with E-state index >= 15 is 0 Å². The summed E-state index contributed by atoms with van der Waals surface area (Å²) in [5, 5.41) is 19.8. The number of nitrogens with zero attached hydrogens (tertiary/aromatic N) is 3. The molecule has 33 heavy (non-hydrogen) atoms. The zero-order valence-corrected chi connectivity index (χ0v) is 19.2. The molecule has 0 aliphatic carbocycles. The Kier molecular flexibility index (Phi) is 6.29. The Morgan fingerprint density at radius 1 is 1.18 bits per heavy atom. The fourth-order valence-electron chi connectivity index (χ4n) is 3.74. The van der Waals surface area contributed by atoms with Crippen LogP contribution in [0.4, 0.5) is 14.6 Å². The maximum Gasteiger partial charge on any atom is 0.253 e. The monoisotopic (exact) mass is 470 g/mol. The highest BCUT2D eigenvalue weighted by molar-refractivity contribution is 8.15. The molecule has 4 rings (SSSR count). The number of rotatable bonds is 5. The topological polar surface area (TPSA) is 106 Å². The van der Waals surface area contributed by atoms with Crippen LogP contribution in [0.5, 0.6) is 0 Å². The number of allylic oxidation sites excluding steroid dienone is 1. The van der Waals surface area contributed by atoms with Gasteiger partial charge in [0.2, 0.25) is 0 Å². The summed E-state index contributed by atoms with van der Waals surface area (Å²) >= 11 is 1.27. The predicted molar refractivity (Wildman–Crippen MR) is 125 cm³/mol. The Morgan fingerprint density at radius 3 is 2.48 bits per heavy atom. The molecule has 0 spiro atoms. The van der Waals surface area contributed by atoms with E-state index in [1.807, 2.05) is 19.1 Å². The number of aromatic nitrogens is 2. The van der Waals surface area contributed by atoms with Crippen LogP contribution in [0.1, 0.15) is 48.3 Å². The minimum absolute atomic E-state index is 0.0635. The van der Waals surface area contributed by atoms with Crippen molar-refractivity contribution in [3.05, 3.63) is 53.0 Å². The molecule has 0 unspecified atom stereocenters. The van der Waals surface area contributed by atoms with Crippen LogP contribution in [0.3, 0.4) is 0 Å². The largest absolute Gasteiger partial charge is 0.365 e. The van der Waals surface area contributed by atoms with Gasteiger partial charge in [0.15, 0.2) is 0 Å². The third kappa shape index (κ3) is 4.80. The van der Waals surface area contributed by atoms with Gasteiger partial charge in [-0.1, -0.05) is 23.9 Å². The zero-order chi connectivity index (χ0) is 23.8. The van der Waals surface area contributed by atoms with Crippen molar-refractivity contribution in [3.63, 3.8) is 0 Å². The van der Waals surface area contributed by atoms with Crippen molar-refractivity contribution in [2.24, 2.45) is 0 Å². The molecule has 172 valence electrons. The molecule has 0 saturated carbocycles. The van der Waals surface area contributed by atoms with Crippen molar-refractivity contribution in [2.75, 3.05) is 18.4 Å². The van der Waals surface area contributed by atoms with Crippen molar-refractivity contribution < 1.29 is 13.6 Å². The molecular weight excluding hydrogens is 446 g/mol. The van der Waals surface area contributed by atoms with Gasteiger partial charge < -0.3 is 15.6 Å². The van der Waals surface area contributed by atoms with Gasteiger partial charge in [-0.25, -0.2) is 18.7 Å². The van der Waals surface area contributed by atoms with E-state index < -0.39 is 5.92 Å². The van der Waals surface area contributed by atoms with Gasteiger partial charge in [0.05, 0.1) is 10.6 Å². The molecule has 7 nitrogen and oxygen atoms in total. The number of anilines is 1. The Bertz CT molecular complexity index is 1150. The van der Waals surface area contributed by atoms with Gasteiger partial charge in [-0.3, -0.25) is 10.2 Å². The molecule has 1 fully saturated rings. The fourth-order valence-corrected chi connectivity index (χ4v) is 4.77. The Balaban J connectivity index is 1.44. The number of halogens is 2. The number of benzene rings is 1. The molecular formula is C23H24F2N6OS. The zero-order valence-electron chi connectivity index (χ0n) is 18.3. The number of carbonyl (C=O) groups is 1. The van der Waals surface area contributed by atoms with Crippen LogP contribution in [0.2, 0.25) is 0 Å². The first kappa shape index (κ1) is 23.0. The lowest BCUT2D eigenvalue weighted by Crippen LogP contribution is -2.42. The normalized spacial score (nSPS) is 18.7. The Morgan fingerprint density at radius 2 is 1.85 bits per heavy atom. The van der Waals surface area contributed by atoms with E-state index in [0.717, 1.165) is 10.5 Å². The molecule has 2 aliphatic rings. The number of carbonyl (C=O) groups excluding carboxylic acids is 1. The second-order valence-electron chi connectivity index (χ2n) is 8.15. The smallest absolute Gasteiger partial charge is 0.253 e. The van der Waals surface area contributed by atoms with Crippen molar-refractivity contribution >= 4 is 39.8 Å². The van der Waals surface area contributed by atoms with E-state index in [4.69, 9.17) is 10.8 Å². The first-order chi connectivity index (χ1) is 15.7. The number of amides is 1. The Labute approximate surface area is 194 Å². The molecule has 1 aromatic carbocycles. The summed E-state index contributed by atoms with van der Waals surface area (Å²) in [5.74, 6) is -2.31. The molecule has 1 amide bonds. The second kappa shape index (κ2) is 9.01. The molecule has 2 aromatic rings. The number of hydrogen-bond donors (Lipinski definition) is 3. The number of piperidine rings is 1. The summed E-state index contributed by atoms with van der Waals surface area (Å²) in [6.45, 7) is 4.08. The lowest BCUT2D eigenvalue weighted by molar-refractivity contribution is -0.0494. The van der Waals surface area contributed by atoms with E-state index in [1.165, 1.54) is 23.0 Å². The highest BCUT2D eigenvalue weighted by Crippen LogP contribution is 2.44. The number of fused-ring (bicyclic) bond motifs is 1. The van der Waals surface area contributed by atoms with E-state index in [9.17, 15) is 13.6 Å². The molecule has 10 heteroatoms. The van der Waals surface area contributed by atoms with Gasteiger partial charge in [-0.05, 0) is 37.1 Å². The minimum atomic E-state index is -2.68. The summed E-state index contributed by atoms with van der Waals surface area (Å²) < 4.78 is 26.7. The van der Waals surface area contributed by atoms with Crippen molar-refractivity contribution in [2.45, 2.75) is 44.1 Å². The lowest BCUT2D eigenvalue weighted by Gasteiger charge is -2.31. The highest BCUT2D eigenvalue weighted by Gasteiger charge is 2.35. The average molecular weight is 471 g/mol. The SMILES string of the molecule is CC(=N)/C(C)=C1\C(=N)Sc2c(NCc3ccc(C(=O)N4CCC(F)(F)CC4)cc3)ncnc21. The molecule has 0 radical (unpaired) electrons. The second-order valence-corrected chi connectivity index (χ2v) is 9.18. The van der Waals surface area contributed by atoms with Crippen molar-refractivity contribution in [3.8, 4) is 0 Å². The average Bonchev–Trinajstić information content (AvgIpc) is 3.13. The third-order valence-electron chi connectivity index (χ3n) is 5.85. The highest BCUT2D eigenvalue weighted by atomic mass is 32.2. The van der Waals surface area contributed by atoms with Crippen LogP contribution in [0.25, 0.3) is 5.57 Å². The molecule has 2 aliphatic heterocycles. The maximum atomic E-state index is 13.3. The molecule has 0 atom stereocenters. The molecule has 1 aromatic heterocycles. The van der Waals surface area contributed by atoms with E-state index in [0.29, 0.717) is 45.5 Å². The summed E-state index contributed by atoms with van der Waals surface area (Å²) in [4.78, 5) is 23.5. The van der Waals surface area contributed by atoms with Gasteiger partial charge in [0, 0.05) is 49.3 Å². The molecule has 1 saturated heterocycles. The van der Waals surface area contributed by atoms with Crippen LogP contribution in [0.15, 0.2) is 41.1 Å². The van der Waals surface area contributed by atoms with Gasteiger partial charge >= 0.3 is 0 Å². The Hall–Kier alpha value is -3.14. The van der Waals surface area contributed by atoms with E-state index in [1.54, 1.807) is 19.1 Å². The lowest BCUT2D eigenvalue weighted by atomic mass is 10.0. The number of hydrogen-bond acceptors (Lipinski definition) is 7. The molecule has 3 heterocycles. The number of thioether (sulfide) groups is 1. The van der Waals surface area contributed by atoms with Gasteiger partial charge in [-0.15, -0.1) is 0 Å². The first-order valence-electron chi connectivity index (χ1n) is 10.5. The number of nitrogens with one attached hydrogen (secondary N) is 3. The van der Waals surface area contributed by atoms with Crippen LogP contribution in [-0.4, -0.2) is 50.5 Å². The van der Waals surface area contributed by atoms with Crippen LogP contribution in [0, 0.1) is 10.8 Å². The first-order valence-corrected chi connectivity index (χ1v) is 11.4. The summed E-state index contributed by atoms with van der Waals surface area (Å²) in [6, 6.07) is 7.06. The summed E-state index contributed by atoms with van der Waals surface area (Å²) in [5.41, 5.74) is 3.82. The minimum Gasteiger partial charge on any atom is -0.365 e. The standard InChI is InChI=1S/C23H24F2N6OS/c1-13(14(2)26)17-18-19(33-20(17)27)21(30-12-29-18)28-11-15-3-5-16(6-4-15)22(32)31-9-7-23(24,25)8-10-31/h3-6,12,26-27H,7-11H2,1-2H3,(H,28,29,30)/b17-13-,26-14?,27-20?. The van der Waals surface area contributed by atoms with Gasteiger partial charge in [0.1, 0.15) is 17.2 Å².